The molecule has 0 saturated carbocycles. The van der Waals surface area contributed by atoms with Gasteiger partial charge < -0.3 is 15.4 Å². The second kappa shape index (κ2) is 8.88. The Morgan fingerprint density at radius 3 is 2.55 bits per heavy atom. The average molecular weight is 305 g/mol. The molecule has 1 aliphatic rings. The van der Waals surface area contributed by atoms with Crippen LogP contribution in [0.3, 0.4) is 0 Å². The largest absolute Gasteiger partial charge is 0.379 e. The quantitative estimate of drug-likeness (QED) is 0.796. The first-order chi connectivity index (χ1) is 10.6. The van der Waals surface area contributed by atoms with Crippen molar-refractivity contribution >= 4 is 5.91 Å². The van der Waals surface area contributed by atoms with Crippen molar-refractivity contribution in [3.8, 4) is 0 Å². The lowest BCUT2D eigenvalue weighted by molar-refractivity contribution is 0.0383. The van der Waals surface area contributed by atoms with Crippen LogP contribution in [-0.4, -0.2) is 56.2 Å². The lowest BCUT2D eigenvalue weighted by atomic mass is 10.1. The number of carbonyl (C=O) groups excluding carboxylic acids is 1. The highest BCUT2D eigenvalue weighted by Crippen LogP contribution is 2.05. The van der Waals surface area contributed by atoms with E-state index in [1.807, 2.05) is 24.3 Å². The number of amides is 1. The van der Waals surface area contributed by atoms with Gasteiger partial charge in [0.25, 0.3) is 5.91 Å². The molecule has 5 heteroatoms. The van der Waals surface area contributed by atoms with E-state index in [9.17, 15) is 4.79 Å². The molecule has 1 aromatic carbocycles. The fraction of sp³-hybridized carbons (Fsp3) is 0.588. The fourth-order valence-corrected chi connectivity index (χ4v) is 2.35. The summed E-state index contributed by atoms with van der Waals surface area (Å²) in [6, 6.07) is 8.25. The highest BCUT2D eigenvalue weighted by atomic mass is 16.5. The van der Waals surface area contributed by atoms with Crippen molar-refractivity contribution < 1.29 is 9.53 Å². The number of nitrogens with zero attached hydrogens (tertiary/aromatic N) is 1. The highest BCUT2D eigenvalue weighted by Gasteiger charge is 2.10. The zero-order valence-corrected chi connectivity index (χ0v) is 13.6. The third-order valence-electron chi connectivity index (χ3n) is 3.75. The molecule has 0 spiro atoms. The van der Waals surface area contributed by atoms with Crippen molar-refractivity contribution in [3.05, 3.63) is 35.4 Å². The first-order valence-corrected chi connectivity index (χ1v) is 8.06. The third-order valence-corrected chi connectivity index (χ3v) is 3.75. The van der Waals surface area contributed by atoms with Crippen LogP contribution in [-0.2, 0) is 11.3 Å². The van der Waals surface area contributed by atoms with Gasteiger partial charge in [0.15, 0.2) is 0 Å². The van der Waals surface area contributed by atoms with Crippen molar-refractivity contribution in [1.82, 2.24) is 15.5 Å². The average Bonchev–Trinajstić information content (AvgIpc) is 2.54. The minimum Gasteiger partial charge on any atom is -0.379 e. The molecule has 0 bridgehead atoms. The number of benzene rings is 1. The summed E-state index contributed by atoms with van der Waals surface area (Å²) in [5, 5.41) is 6.34. The molecule has 1 amide bonds. The lowest BCUT2D eigenvalue weighted by Crippen LogP contribution is -2.41. The maximum absolute atomic E-state index is 12.1. The number of nitrogens with one attached hydrogen (secondary N) is 2. The van der Waals surface area contributed by atoms with E-state index in [-0.39, 0.29) is 5.91 Å². The zero-order chi connectivity index (χ0) is 15.8. The van der Waals surface area contributed by atoms with Crippen LogP contribution in [0.2, 0.25) is 0 Å². The molecule has 0 atom stereocenters. The van der Waals surface area contributed by atoms with Crippen LogP contribution >= 0.6 is 0 Å². The van der Waals surface area contributed by atoms with Gasteiger partial charge in [-0.3, -0.25) is 9.69 Å². The number of rotatable bonds is 7. The topological polar surface area (TPSA) is 53.6 Å². The molecule has 0 radical (unpaired) electrons. The maximum Gasteiger partial charge on any atom is 0.251 e. The summed E-state index contributed by atoms with van der Waals surface area (Å²) in [5.74, 6) is -0.00312. The van der Waals surface area contributed by atoms with Crippen LogP contribution in [0.4, 0.5) is 0 Å². The number of ether oxygens (including phenoxy) is 1. The molecule has 22 heavy (non-hydrogen) atoms. The van der Waals surface area contributed by atoms with Gasteiger partial charge in [-0.25, -0.2) is 0 Å². The van der Waals surface area contributed by atoms with Gasteiger partial charge in [-0.2, -0.15) is 0 Å². The van der Waals surface area contributed by atoms with E-state index in [2.05, 4.69) is 29.4 Å². The Labute approximate surface area is 133 Å². The van der Waals surface area contributed by atoms with E-state index in [0.29, 0.717) is 12.6 Å². The van der Waals surface area contributed by atoms with Gasteiger partial charge in [0.2, 0.25) is 0 Å². The molecule has 1 fully saturated rings. The maximum atomic E-state index is 12.1. The van der Waals surface area contributed by atoms with E-state index in [1.54, 1.807) is 0 Å². The molecule has 122 valence electrons. The van der Waals surface area contributed by atoms with Gasteiger partial charge in [-0.15, -0.1) is 0 Å². The van der Waals surface area contributed by atoms with Crippen molar-refractivity contribution in [2.45, 2.75) is 26.4 Å². The third kappa shape index (κ3) is 5.75. The van der Waals surface area contributed by atoms with E-state index < -0.39 is 0 Å². The minimum absolute atomic E-state index is 0.00312. The van der Waals surface area contributed by atoms with Crippen molar-refractivity contribution in [3.63, 3.8) is 0 Å². The molecule has 1 aromatic rings. The van der Waals surface area contributed by atoms with E-state index in [4.69, 9.17) is 4.74 Å². The van der Waals surface area contributed by atoms with E-state index in [1.165, 1.54) is 5.56 Å². The van der Waals surface area contributed by atoms with Crippen molar-refractivity contribution in [2.24, 2.45) is 0 Å². The minimum atomic E-state index is -0.00312. The highest BCUT2D eigenvalue weighted by molar-refractivity contribution is 5.94. The predicted octanol–water partition coefficient (Wildman–Crippen LogP) is 1.25. The Morgan fingerprint density at radius 1 is 1.23 bits per heavy atom. The summed E-state index contributed by atoms with van der Waals surface area (Å²) >= 11 is 0. The van der Waals surface area contributed by atoms with Crippen LogP contribution in [0.25, 0.3) is 0 Å². The SMILES string of the molecule is CC(C)NCc1ccc(C(=O)NCCN2CCOCC2)cc1. The Balaban J connectivity index is 1.72. The molecular weight excluding hydrogens is 278 g/mol. The van der Waals surface area contributed by atoms with Gasteiger partial charge in [-0.05, 0) is 17.7 Å². The fourth-order valence-electron chi connectivity index (χ4n) is 2.35. The van der Waals surface area contributed by atoms with Crippen LogP contribution in [0, 0.1) is 0 Å². The van der Waals surface area contributed by atoms with Crippen molar-refractivity contribution in [1.29, 1.82) is 0 Å². The predicted molar refractivity (Wildman–Crippen MR) is 88.0 cm³/mol. The zero-order valence-electron chi connectivity index (χ0n) is 13.6. The molecule has 0 aromatic heterocycles. The van der Waals surface area contributed by atoms with Gasteiger partial charge in [-0.1, -0.05) is 26.0 Å². The number of morpholine rings is 1. The molecule has 1 saturated heterocycles. The molecule has 2 rings (SSSR count). The number of hydrogen-bond acceptors (Lipinski definition) is 4. The Hall–Kier alpha value is -1.43. The van der Waals surface area contributed by atoms with Gasteiger partial charge in [0.1, 0.15) is 0 Å². The lowest BCUT2D eigenvalue weighted by Gasteiger charge is -2.26. The van der Waals surface area contributed by atoms with E-state index >= 15 is 0 Å². The first-order valence-electron chi connectivity index (χ1n) is 8.06. The van der Waals surface area contributed by atoms with Crippen LogP contribution in [0.1, 0.15) is 29.8 Å². The molecule has 5 nitrogen and oxygen atoms in total. The smallest absolute Gasteiger partial charge is 0.251 e. The molecule has 1 aliphatic heterocycles. The van der Waals surface area contributed by atoms with Crippen molar-refractivity contribution in [2.75, 3.05) is 39.4 Å². The second-order valence-electron chi connectivity index (χ2n) is 5.94. The monoisotopic (exact) mass is 305 g/mol. The van der Waals surface area contributed by atoms with E-state index in [0.717, 1.165) is 45.0 Å². The normalized spacial score (nSPS) is 16.0. The Kier molecular flexibility index (Phi) is 6.83. The summed E-state index contributed by atoms with van der Waals surface area (Å²) in [7, 11) is 0. The second-order valence-corrected chi connectivity index (χ2v) is 5.94. The molecule has 2 N–H and O–H groups in total. The molecular formula is C17H27N3O2. The summed E-state index contributed by atoms with van der Waals surface area (Å²) in [6.45, 7) is 10.1. The number of carbonyl (C=O) groups is 1. The summed E-state index contributed by atoms with van der Waals surface area (Å²) in [4.78, 5) is 14.4. The van der Waals surface area contributed by atoms with Gasteiger partial charge in [0.05, 0.1) is 13.2 Å². The standard InChI is InChI=1S/C17H27N3O2/c1-14(2)19-13-15-3-5-16(6-4-15)17(21)18-7-8-20-9-11-22-12-10-20/h3-6,14,19H,7-13H2,1-2H3,(H,18,21). The summed E-state index contributed by atoms with van der Waals surface area (Å²) in [6.07, 6.45) is 0. The van der Waals surface area contributed by atoms with Crippen LogP contribution in [0.5, 0.6) is 0 Å². The van der Waals surface area contributed by atoms with Gasteiger partial charge in [0, 0.05) is 44.3 Å². The Morgan fingerprint density at radius 2 is 1.91 bits per heavy atom. The van der Waals surface area contributed by atoms with Crippen LogP contribution < -0.4 is 10.6 Å². The first kappa shape index (κ1) is 16.9. The Bertz CT molecular complexity index is 453. The number of hydrogen-bond donors (Lipinski definition) is 2. The van der Waals surface area contributed by atoms with Gasteiger partial charge >= 0.3 is 0 Å². The molecule has 0 unspecified atom stereocenters. The summed E-state index contributed by atoms with van der Waals surface area (Å²) in [5.41, 5.74) is 1.91. The van der Waals surface area contributed by atoms with Crippen LogP contribution in [0.15, 0.2) is 24.3 Å². The molecule has 0 aliphatic carbocycles. The molecule has 1 heterocycles. The summed E-state index contributed by atoms with van der Waals surface area (Å²) < 4.78 is 5.31.